The summed E-state index contributed by atoms with van der Waals surface area (Å²) in [5.74, 6) is -0.765. The van der Waals surface area contributed by atoms with Crippen LogP contribution < -0.4 is 0 Å². The SMILES string of the molecule is CN(CCS(C)(=O)=O)C(=O)c1ccncc1O. The van der Waals surface area contributed by atoms with Crippen molar-refractivity contribution in [2.24, 2.45) is 0 Å². The highest BCUT2D eigenvalue weighted by molar-refractivity contribution is 7.90. The molecule has 1 amide bonds. The van der Waals surface area contributed by atoms with Gasteiger partial charge in [0.05, 0.1) is 17.5 Å². The molecule has 0 aromatic carbocycles. The maximum Gasteiger partial charge on any atom is 0.257 e. The number of carbonyl (C=O) groups is 1. The van der Waals surface area contributed by atoms with Crippen molar-refractivity contribution in [3.05, 3.63) is 24.0 Å². The first-order chi connectivity index (χ1) is 7.81. The van der Waals surface area contributed by atoms with E-state index in [0.29, 0.717) is 0 Å². The van der Waals surface area contributed by atoms with Gasteiger partial charge in [-0.1, -0.05) is 0 Å². The predicted molar refractivity (Wildman–Crippen MR) is 62.6 cm³/mol. The molecule has 0 bridgehead atoms. The Balaban J connectivity index is 2.74. The third-order valence-corrected chi connectivity index (χ3v) is 3.10. The van der Waals surface area contributed by atoms with Crippen LogP contribution >= 0.6 is 0 Å². The second kappa shape index (κ2) is 5.13. The first kappa shape index (κ1) is 13.4. The number of pyridine rings is 1. The lowest BCUT2D eigenvalue weighted by Gasteiger charge is -2.16. The molecule has 1 heterocycles. The van der Waals surface area contributed by atoms with E-state index in [1.54, 1.807) is 0 Å². The van der Waals surface area contributed by atoms with Crippen LogP contribution in [0.5, 0.6) is 5.75 Å². The zero-order chi connectivity index (χ0) is 13.1. The number of carbonyl (C=O) groups excluding carboxylic acids is 1. The summed E-state index contributed by atoms with van der Waals surface area (Å²) < 4.78 is 21.9. The quantitative estimate of drug-likeness (QED) is 0.815. The van der Waals surface area contributed by atoms with Crippen LogP contribution in [-0.4, -0.2) is 54.9 Å². The third-order valence-electron chi connectivity index (χ3n) is 2.17. The van der Waals surface area contributed by atoms with Gasteiger partial charge in [0.25, 0.3) is 5.91 Å². The summed E-state index contributed by atoms with van der Waals surface area (Å²) >= 11 is 0. The number of aromatic hydroxyl groups is 1. The molecule has 0 radical (unpaired) electrons. The van der Waals surface area contributed by atoms with Gasteiger partial charge in [0.15, 0.2) is 0 Å². The molecule has 94 valence electrons. The Morgan fingerprint density at radius 3 is 2.71 bits per heavy atom. The van der Waals surface area contributed by atoms with Gasteiger partial charge < -0.3 is 10.0 Å². The topological polar surface area (TPSA) is 87.6 Å². The molecule has 0 spiro atoms. The lowest BCUT2D eigenvalue weighted by Crippen LogP contribution is -2.31. The number of rotatable bonds is 4. The maximum atomic E-state index is 11.8. The summed E-state index contributed by atoms with van der Waals surface area (Å²) in [4.78, 5) is 16.7. The summed E-state index contributed by atoms with van der Waals surface area (Å²) in [5.41, 5.74) is 0.107. The lowest BCUT2D eigenvalue weighted by molar-refractivity contribution is 0.0800. The minimum Gasteiger partial charge on any atom is -0.505 e. The smallest absolute Gasteiger partial charge is 0.257 e. The molecule has 7 heteroatoms. The van der Waals surface area contributed by atoms with Gasteiger partial charge in [0, 0.05) is 26.0 Å². The molecule has 0 unspecified atom stereocenters. The van der Waals surface area contributed by atoms with E-state index < -0.39 is 15.7 Å². The molecule has 0 saturated carbocycles. The zero-order valence-corrected chi connectivity index (χ0v) is 10.4. The highest BCUT2D eigenvalue weighted by atomic mass is 32.2. The molecular weight excluding hydrogens is 244 g/mol. The molecule has 17 heavy (non-hydrogen) atoms. The molecule has 0 aliphatic carbocycles. The van der Waals surface area contributed by atoms with E-state index in [-0.39, 0.29) is 23.6 Å². The van der Waals surface area contributed by atoms with Crippen LogP contribution in [-0.2, 0) is 9.84 Å². The number of sulfone groups is 1. The van der Waals surface area contributed by atoms with Crippen molar-refractivity contribution in [2.75, 3.05) is 25.6 Å². The molecular formula is C10H14N2O4S. The Bertz CT molecular complexity index is 513. The van der Waals surface area contributed by atoms with E-state index in [0.717, 1.165) is 12.5 Å². The van der Waals surface area contributed by atoms with Crippen molar-refractivity contribution in [3.8, 4) is 5.75 Å². The number of amides is 1. The van der Waals surface area contributed by atoms with Gasteiger partial charge >= 0.3 is 0 Å². The summed E-state index contributed by atoms with van der Waals surface area (Å²) in [6.07, 6.45) is 3.66. The van der Waals surface area contributed by atoms with Crippen LogP contribution in [0.2, 0.25) is 0 Å². The Morgan fingerprint density at radius 2 is 2.18 bits per heavy atom. The molecule has 1 N–H and O–H groups in total. The van der Waals surface area contributed by atoms with E-state index >= 15 is 0 Å². The summed E-state index contributed by atoms with van der Waals surface area (Å²) in [6, 6.07) is 1.38. The summed E-state index contributed by atoms with van der Waals surface area (Å²) in [6.45, 7) is 0.0828. The van der Waals surface area contributed by atoms with Crippen molar-refractivity contribution in [3.63, 3.8) is 0 Å². The van der Waals surface area contributed by atoms with Gasteiger partial charge in [-0.15, -0.1) is 0 Å². The minimum absolute atomic E-state index is 0.0828. The highest BCUT2D eigenvalue weighted by Crippen LogP contribution is 2.15. The second-order valence-corrected chi connectivity index (χ2v) is 6.01. The van der Waals surface area contributed by atoms with Crippen LogP contribution in [0.3, 0.4) is 0 Å². The fourth-order valence-electron chi connectivity index (χ4n) is 1.18. The van der Waals surface area contributed by atoms with Crippen LogP contribution in [0.4, 0.5) is 0 Å². The van der Waals surface area contributed by atoms with Crippen LogP contribution in [0.15, 0.2) is 18.5 Å². The fraction of sp³-hybridized carbons (Fsp3) is 0.400. The molecule has 0 fully saturated rings. The van der Waals surface area contributed by atoms with E-state index in [2.05, 4.69) is 4.98 Å². The first-order valence-electron chi connectivity index (χ1n) is 4.87. The van der Waals surface area contributed by atoms with Crippen molar-refractivity contribution in [2.45, 2.75) is 0 Å². The average molecular weight is 258 g/mol. The van der Waals surface area contributed by atoms with Crippen LogP contribution in [0, 0.1) is 0 Å². The number of nitrogens with zero attached hydrogens (tertiary/aromatic N) is 2. The van der Waals surface area contributed by atoms with Crippen molar-refractivity contribution in [1.82, 2.24) is 9.88 Å². The van der Waals surface area contributed by atoms with E-state index in [4.69, 9.17) is 0 Å². The molecule has 0 aliphatic heterocycles. The van der Waals surface area contributed by atoms with Crippen molar-refractivity contribution >= 4 is 15.7 Å². The molecule has 6 nitrogen and oxygen atoms in total. The first-order valence-corrected chi connectivity index (χ1v) is 6.93. The standard InChI is InChI=1S/C10H14N2O4S/c1-12(5-6-17(2,15)16)10(14)8-3-4-11-7-9(8)13/h3-4,7,13H,5-6H2,1-2H3. The van der Waals surface area contributed by atoms with Gasteiger partial charge in [-0.2, -0.15) is 0 Å². The highest BCUT2D eigenvalue weighted by Gasteiger charge is 2.16. The third kappa shape index (κ3) is 4.03. The molecule has 1 rings (SSSR count). The normalized spacial score (nSPS) is 11.2. The van der Waals surface area contributed by atoms with Crippen molar-refractivity contribution < 1.29 is 18.3 Å². The van der Waals surface area contributed by atoms with Crippen LogP contribution in [0.25, 0.3) is 0 Å². The molecule has 0 saturated heterocycles. The summed E-state index contributed by atoms with van der Waals surface area (Å²) in [7, 11) is -1.63. The Kier molecular flexibility index (Phi) is 4.06. The summed E-state index contributed by atoms with van der Waals surface area (Å²) in [5, 5.41) is 9.43. The van der Waals surface area contributed by atoms with Gasteiger partial charge in [-0.3, -0.25) is 9.78 Å². The second-order valence-electron chi connectivity index (χ2n) is 3.75. The lowest BCUT2D eigenvalue weighted by atomic mass is 10.2. The van der Waals surface area contributed by atoms with E-state index in [1.807, 2.05) is 0 Å². The van der Waals surface area contributed by atoms with Crippen molar-refractivity contribution in [1.29, 1.82) is 0 Å². The molecule has 1 aromatic heterocycles. The van der Waals surface area contributed by atoms with E-state index in [9.17, 15) is 18.3 Å². The number of hydrogen-bond acceptors (Lipinski definition) is 5. The largest absolute Gasteiger partial charge is 0.505 e. The maximum absolute atomic E-state index is 11.8. The minimum atomic E-state index is -3.11. The zero-order valence-electron chi connectivity index (χ0n) is 9.62. The van der Waals surface area contributed by atoms with Gasteiger partial charge in [0.2, 0.25) is 0 Å². The molecule has 1 aromatic rings. The van der Waals surface area contributed by atoms with Gasteiger partial charge in [-0.05, 0) is 6.07 Å². The van der Waals surface area contributed by atoms with Crippen LogP contribution in [0.1, 0.15) is 10.4 Å². The Labute approximate surface area is 99.8 Å². The molecule has 0 atom stereocenters. The predicted octanol–water partition coefficient (Wildman–Crippen LogP) is -0.0962. The van der Waals surface area contributed by atoms with Gasteiger partial charge in [-0.25, -0.2) is 8.42 Å². The van der Waals surface area contributed by atoms with E-state index in [1.165, 1.54) is 24.2 Å². The molecule has 0 aliphatic rings. The average Bonchev–Trinajstić information content (AvgIpc) is 2.24. The van der Waals surface area contributed by atoms with Gasteiger partial charge in [0.1, 0.15) is 15.6 Å². The number of hydrogen-bond donors (Lipinski definition) is 1. The fourth-order valence-corrected chi connectivity index (χ4v) is 1.78. The Hall–Kier alpha value is -1.63. The number of aromatic nitrogens is 1. The monoisotopic (exact) mass is 258 g/mol. The Morgan fingerprint density at radius 1 is 1.53 bits per heavy atom.